The number of aromatic amines is 1. The number of nitrogens with one attached hydrogen (secondary N) is 2. The maximum absolute atomic E-state index is 13.4. The van der Waals surface area contributed by atoms with Crippen LogP contribution in [-0.2, 0) is 6.42 Å². The summed E-state index contributed by atoms with van der Waals surface area (Å²) in [6, 6.07) is 7.48. The zero-order chi connectivity index (χ0) is 18.8. The molecular formula is C20H25Cl2N3O2. The van der Waals surface area contributed by atoms with Gasteiger partial charge in [0.05, 0.1) is 6.04 Å². The lowest BCUT2D eigenvalue weighted by Gasteiger charge is -2.37. The van der Waals surface area contributed by atoms with Crippen LogP contribution in [0.15, 0.2) is 24.3 Å². The Morgan fingerprint density at radius 3 is 2.63 bits per heavy atom. The van der Waals surface area contributed by atoms with E-state index in [2.05, 4.69) is 10.3 Å². The summed E-state index contributed by atoms with van der Waals surface area (Å²) < 4.78 is 0. The molecule has 1 amide bonds. The molecule has 0 radical (unpaired) electrons. The first-order valence-electron chi connectivity index (χ1n) is 8.94. The van der Waals surface area contributed by atoms with Crippen molar-refractivity contribution in [2.75, 3.05) is 19.6 Å². The van der Waals surface area contributed by atoms with E-state index in [1.807, 2.05) is 43.0 Å². The van der Waals surface area contributed by atoms with Gasteiger partial charge in [-0.15, -0.1) is 12.4 Å². The fourth-order valence-electron chi connectivity index (χ4n) is 3.80. The average Bonchev–Trinajstić information content (AvgIpc) is 2.98. The van der Waals surface area contributed by atoms with E-state index in [0.29, 0.717) is 35.8 Å². The van der Waals surface area contributed by atoms with Crippen LogP contribution in [0.2, 0.25) is 5.02 Å². The molecule has 1 saturated heterocycles. The van der Waals surface area contributed by atoms with Crippen LogP contribution >= 0.6 is 24.0 Å². The Kier molecular flexibility index (Phi) is 7.09. The smallest absolute Gasteiger partial charge is 0.271 e. The average molecular weight is 410 g/mol. The summed E-state index contributed by atoms with van der Waals surface area (Å²) in [7, 11) is 0. The number of carbonyl (C=O) groups is 2. The summed E-state index contributed by atoms with van der Waals surface area (Å²) in [5.41, 5.74) is 3.65. The molecule has 1 fully saturated rings. The van der Waals surface area contributed by atoms with E-state index in [1.54, 1.807) is 6.92 Å². The quantitative estimate of drug-likeness (QED) is 0.751. The Bertz CT molecular complexity index is 848. The number of benzene rings is 1. The van der Waals surface area contributed by atoms with Crippen LogP contribution in [0.5, 0.6) is 0 Å². The molecule has 2 heterocycles. The third kappa shape index (κ3) is 4.05. The molecule has 1 atom stereocenters. The maximum atomic E-state index is 13.4. The van der Waals surface area contributed by atoms with Crippen LogP contribution < -0.4 is 5.32 Å². The highest BCUT2D eigenvalue weighted by Gasteiger charge is 2.32. The van der Waals surface area contributed by atoms with Crippen molar-refractivity contribution in [2.24, 2.45) is 0 Å². The number of H-pyrrole nitrogens is 1. The lowest BCUT2D eigenvalue weighted by atomic mass is 10.00. The van der Waals surface area contributed by atoms with Gasteiger partial charge >= 0.3 is 0 Å². The van der Waals surface area contributed by atoms with Crippen LogP contribution in [0, 0.1) is 6.92 Å². The summed E-state index contributed by atoms with van der Waals surface area (Å²) >= 11 is 6.38. The molecule has 5 nitrogen and oxygen atoms in total. The molecule has 0 saturated carbocycles. The maximum Gasteiger partial charge on any atom is 0.271 e. The second kappa shape index (κ2) is 8.91. The van der Waals surface area contributed by atoms with Crippen molar-refractivity contribution in [2.45, 2.75) is 33.2 Å². The Hall–Kier alpha value is -1.82. The van der Waals surface area contributed by atoms with Crippen molar-refractivity contribution in [3.05, 3.63) is 57.4 Å². The number of aryl methyl sites for hydroxylation is 1. The summed E-state index contributed by atoms with van der Waals surface area (Å²) in [5.74, 6) is -0.0958. The molecular weight excluding hydrogens is 385 g/mol. The molecule has 0 spiro atoms. The summed E-state index contributed by atoms with van der Waals surface area (Å²) in [6.45, 7) is 7.32. The van der Waals surface area contributed by atoms with Crippen molar-refractivity contribution >= 4 is 35.7 Å². The normalized spacial score (nSPS) is 16.7. The predicted molar refractivity (Wildman–Crippen MR) is 110 cm³/mol. The monoisotopic (exact) mass is 409 g/mol. The third-order valence-electron chi connectivity index (χ3n) is 4.98. The van der Waals surface area contributed by atoms with Crippen LogP contribution in [0.25, 0.3) is 0 Å². The van der Waals surface area contributed by atoms with E-state index in [4.69, 9.17) is 11.6 Å². The second-order valence-corrected chi connectivity index (χ2v) is 7.04. The number of aromatic nitrogens is 1. The topological polar surface area (TPSA) is 65.2 Å². The summed E-state index contributed by atoms with van der Waals surface area (Å²) in [5, 5.41) is 4.00. The van der Waals surface area contributed by atoms with Gasteiger partial charge in [0.2, 0.25) is 0 Å². The van der Waals surface area contributed by atoms with E-state index in [1.165, 1.54) is 0 Å². The Labute approximate surface area is 170 Å². The molecule has 2 N–H and O–H groups in total. The molecule has 2 aromatic rings. The first-order chi connectivity index (χ1) is 12.5. The Balaban J connectivity index is 0.00000261. The Morgan fingerprint density at radius 2 is 2.00 bits per heavy atom. The number of halogens is 2. The van der Waals surface area contributed by atoms with Gasteiger partial charge in [0, 0.05) is 35.9 Å². The summed E-state index contributed by atoms with van der Waals surface area (Å²) in [6.07, 6.45) is 0.628. The molecule has 146 valence electrons. The first kappa shape index (κ1) is 21.5. The van der Waals surface area contributed by atoms with Crippen molar-refractivity contribution in [3.63, 3.8) is 0 Å². The molecule has 3 rings (SSSR count). The number of hydrogen-bond acceptors (Lipinski definition) is 3. The van der Waals surface area contributed by atoms with Gasteiger partial charge in [0.15, 0.2) is 5.78 Å². The van der Waals surface area contributed by atoms with Gasteiger partial charge in [0.25, 0.3) is 5.91 Å². The first-order valence-corrected chi connectivity index (χ1v) is 9.32. The van der Waals surface area contributed by atoms with Crippen LogP contribution in [0.4, 0.5) is 0 Å². The molecule has 1 aromatic heterocycles. The molecule has 1 aliphatic rings. The summed E-state index contributed by atoms with van der Waals surface area (Å²) in [4.78, 5) is 30.4. The molecule has 0 bridgehead atoms. The number of ketones is 1. The molecule has 7 heteroatoms. The van der Waals surface area contributed by atoms with Gasteiger partial charge in [0.1, 0.15) is 5.69 Å². The highest BCUT2D eigenvalue weighted by atomic mass is 35.5. The lowest BCUT2D eigenvalue weighted by molar-refractivity contribution is 0.0628. The number of Topliss-reactive ketones (excluding diaryl/α,β-unsaturated/α-hetero) is 1. The number of piperazine rings is 1. The molecule has 1 unspecified atom stereocenters. The fourth-order valence-corrected chi connectivity index (χ4v) is 4.07. The third-order valence-corrected chi connectivity index (χ3v) is 5.32. The van der Waals surface area contributed by atoms with Gasteiger partial charge in [-0.1, -0.05) is 36.7 Å². The van der Waals surface area contributed by atoms with Gasteiger partial charge in [-0.25, -0.2) is 0 Å². The lowest BCUT2D eigenvalue weighted by Crippen LogP contribution is -2.49. The van der Waals surface area contributed by atoms with Crippen molar-refractivity contribution in [3.8, 4) is 0 Å². The largest absolute Gasteiger partial charge is 0.354 e. The van der Waals surface area contributed by atoms with E-state index in [-0.39, 0.29) is 30.1 Å². The molecule has 1 aromatic carbocycles. The van der Waals surface area contributed by atoms with Gasteiger partial charge in [-0.05, 0) is 37.5 Å². The van der Waals surface area contributed by atoms with E-state index < -0.39 is 0 Å². The number of rotatable bonds is 4. The second-order valence-electron chi connectivity index (χ2n) is 6.63. The van der Waals surface area contributed by atoms with Crippen molar-refractivity contribution < 1.29 is 9.59 Å². The standard InChI is InChI=1S/C20H24ClN3O2.ClH/c1-4-14-18(13(3)25)12(2)23-19(14)20(26)24-10-9-22-11-17(24)15-7-5-6-8-16(15)21;/h5-8,17,22-23H,4,9-11H2,1-3H3;1H. The van der Waals surface area contributed by atoms with Crippen LogP contribution in [-0.4, -0.2) is 41.2 Å². The molecule has 1 aliphatic heterocycles. The minimum Gasteiger partial charge on any atom is -0.354 e. The minimum atomic E-state index is -0.140. The zero-order valence-corrected chi connectivity index (χ0v) is 17.3. The van der Waals surface area contributed by atoms with Crippen molar-refractivity contribution in [1.29, 1.82) is 0 Å². The minimum absolute atomic E-state index is 0. The zero-order valence-electron chi connectivity index (χ0n) is 15.8. The van der Waals surface area contributed by atoms with Crippen LogP contribution in [0.3, 0.4) is 0 Å². The van der Waals surface area contributed by atoms with Crippen molar-refractivity contribution in [1.82, 2.24) is 15.2 Å². The van der Waals surface area contributed by atoms with Gasteiger partial charge in [-0.2, -0.15) is 0 Å². The number of amides is 1. The van der Waals surface area contributed by atoms with E-state index in [9.17, 15) is 9.59 Å². The highest BCUT2D eigenvalue weighted by Crippen LogP contribution is 2.31. The predicted octanol–water partition coefficient (Wildman–Crippen LogP) is 3.95. The fraction of sp³-hybridized carbons (Fsp3) is 0.400. The SMILES string of the molecule is CCc1c(C(=O)N2CCNCC2c2ccccc2Cl)[nH]c(C)c1C(C)=O.Cl. The number of hydrogen-bond donors (Lipinski definition) is 2. The van der Waals surface area contributed by atoms with Crippen LogP contribution in [0.1, 0.15) is 57.6 Å². The van der Waals surface area contributed by atoms with Gasteiger partial charge in [-0.3, -0.25) is 9.59 Å². The molecule has 0 aliphatic carbocycles. The Morgan fingerprint density at radius 1 is 1.30 bits per heavy atom. The number of nitrogens with zero attached hydrogens (tertiary/aromatic N) is 1. The van der Waals surface area contributed by atoms with E-state index >= 15 is 0 Å². The molecule has 27 heavy (non-hydrogen) atoms. The van der Waals surface area contributed by atoms with Gasteiger partial charge < -0.3 is 15.2 Å². The van der Waals surface area contributed by atoms with E-state index in [0.717, 1.165) is 23.4 Å². The highest BCUT2D eigenvalue weighted by molar-refractivity contribution is 6.31. The number of carbonyl (C=O) groups excluding carboxylic acids is 2.